The summed E-state index contributed by atoms with van der Waals surface area (Å²) in [5.74, 6) is -2.95. The van der Waals surface area contributed by atoms with Gasteiger partial charge in [0.2, 0.25) is 0 Å². The normalized spacial score (nSPS) is 16.1. The molecule has 6 heteroatoms. The first-order chi connectivity index (χ1) is 10.2. The summed E-state index contributed by atoms with van der Waals surface area (Å²) in [6, 6.07) is 3.83. The largest absolute Gasteiger partial charge is 0.465 e. The van der Waals surface area contributed by atoms with Crippen molar-refractivity contribution in [3.05, 3.63) is 0 Å². The second-order valence-electron chi connectivity index (χ2n) is 5.59. The van der Waals surface area contributed by atoms with Crippen molar-refractivity contribution in [3.8, 4) is 12.1 Å². The van der Waals surface area contributed by atoms with Gasteiger partial charge in [-0.05, 0) is 25.7 Å². The third-order valence-electron chi connectivity index (χ3n) is 3.90. The molecule has 0 aromatic heterocycles. The van der Waals surface area contributed by atoms with E-state index in [9.17, 15) is 20.1 Å². The minimum Gasteiger partial charge on any atom is -0.465 e. The number of hydrogen-bond donors (Lipinski definition) is 0. The summed E-state index contributed by atoms with van der Waals surface area (Å²) < 4.78 is 10.1. The van der Waals surface area contributed by atoms with Crippen molar-refractivity contribution in [3.63, 3.8) is 0 Å². The van der Waals surface area contributed by atoms with Gasteiger partial charge in [0.05, 0.1) is 25.4 Å². The van der Waals surface area contributed by atoms with Crippen LogP contribution < -0.4 is 0 Å². The van der Waals surface area contributed by atoms with Gasteiger partial charge in [-0.3, -0.25) is 9.59 Å². The van der Waals surface area contributed by atoms with Gasteiger partial charge in [0.25, 0.3) is 0 Å². The molecule has 0 aromatic rings. The minimum atomic E-state index is -1.93. The van der Waals surface area contributed by atoms with Crippen LogP contribution in [0.3, 0.4) is 0 Å². The molecule has 0 bridgehead atoms. The molecule has 6 nitrogen and oxygen atoms in total. The number of hydrogen-bond acceptors (Lipinski definition) is 6. The van der Waals surface area contributed by atoms with Gasteiger partial charge in [0, 0.05) is 0 Å². The average Bonchev–Trinajstić information content (AvgIpc) is 2.44. The molecule has 0 amide bonds. The summed E-state index contributed by atoms with van der Waals surface area (Å²) in [7, 11) is 0. The predicted octanol–water partition coefficient (Wildman–Crippen LogP) is 2.44. The maximum absolute atomic E-state index is 12.6. The van der Waals surface area contributed by atoms with Crippen molar-refractivity contribution in [2.45, 2.75) is 41.5 Å². The molecule has 0 aromatic carbocycles. The van der Waals surface area contributed by atoms with Crippen molar-refractivity contribution in [2.24, 2.45) is 22.7 Å². The van der Waals surface area contributed by atoms with Crippen molar-refractivity contribution in [1.29, 1.82) is 10.5 Å². The third kappa shape index (κ3) is 2.78. The van der Waals surface area contributed by atoms with E-state index in [2.05, 4.69) is 0 Å². The Bertz CT molecular complexity index is 455. The van der Waals surface area contributed by atoms with Crippen LogP contribution in [0, 0.1) is 45.3 Å². The van der Waals surface area contributed by atoms with Gasteiger partial charge in [0.1, 0.15) is 0 Å². The summed E-state index contributed by atoms with van der Waals surface area (Å²) in [5, 5.41) is 19.5. The van der Waals surface area contributed by atoms with Gasteiger partial charge < -0.3 is 9.47 Å². The van der Waals surface area contributed by atoms with Gasteiger partial charge >= 0.3 is 11.9 Å². The first-order valence-corrected chi connectivity index (χ1v) is 7.39. The van der Waals surface area contributed by atoms with Crippen LogP contribution in [0.2, 0.25) is 0 Å². The predicted molar refractivity (Wildman–Crippen MR) is 79.0 cm³/mol. The van der Waals surface area contributed by atoms with Crippen LogP contribution in [-0.2, 0) is 19.1 Å². The highest BCUT2D eigenvalue weighted by atomic mass is 16.5. The van der Waals surface area contributed by atoms with Crippen molar-refractivity contribution in [2.75, 3.05) is 13.2 Å². The van der Waals surface area contributed by atoms with Gasteiger partial charge in [-0.25, -0.2) is 0 Å². The Morgan fingerprint density at radius 3 is 1.27 bits per heavy atom. The summed E-state index contributed by atoms with van der Waals surface area (Å²) in [6.45, 7) is 9.79. The lowest BCUT2D eigenvalue weighted by molar-refractivity contribution is -0.178. The number of nitriles is 2. The molecule has 0 aliphatic rings. The summed E-state index contributed by atoms with van der Waals surface area (Å²) >= 11 is 0. The number of ether oxygens (including phenoxy) is 2. The number of esters is 2. The lowest BCUT2D eigenvalue weighted by Crippen LogP contribution is -2.58. The highest BCUT2D eigenvalue weighted by Crippen LogP contribution is 2.51. The summed E-state index contributed by atoms with van der Waals surface area (Å²) in [6.07, 6.45) is 0. The van der Waals surface area contributed by atoms with Crippen molar-refractivity contribution < 1.29 is 19.1 Å². The molecule has 0 N–H and O–H groups in total. The third-order valence-corrected chi connectivity index (χ3v) is 3.90. The van der Waals surface area contributed by atoms with Gasteiger partial charge in [-0.2, -0.15) is 10.5 Å². The Morgan fingerprint density at radius 2 is 1.14 bits per heavy atom. The maximum atomic E-state index is 12.6. The molecule has 0 saturated carbocycles. The number of carbonyl (C=O) groups is 2. The molecule has 0 aliphatic heterocycles. The zero-order chi connectivity index (χ0) is 17.6. The van der Waals surface area contributed by atoms with Crippen LogP contribution >= 0.6 is 0 Å². The van der Waals surface area contributed by atoms with Gasteiger partial charge in [0.15, 0.2) is 10.8 Å². The smallest absolute Gasteiger partial charge is 0.329 e. The van der Waals surface area contributed by atoms with E-state index in [1.165, 1.54) is 0 Å². The van der Waals surface area contributed by atoms with Crippen molar-refractivity contribution >= 4 is 11.9 Å². The van der Waals surface area contributed by atoms with Crippen LogP contribution in [0.4, 0.5) is 0 Å². The summed E-state index contributed by atoms with van der Waals surface area (Å²) in [4.78, 5) is 25.1. The monoisotopic (exact) mass is 308 g/mol. The molecule has 0 radical (unpaired) electrons. The van der Waals surface area contributed by atoms with E-state index >= 15 is 0 Å². The second kappa shape index (κ2) is 7.79. The Labute approximate surface area is 132 Å². The van der Waals surface area contributed by atoms with Crippen molar-refractivity contribution in [1.82, 2.24) is 0 Å². The van der Waals surface area contributed by atoms with Crippen LogP contribution in [0.15, 0.2) is 0 Å². The van der Waals surface area contributed by atoms with Crippen LogP contribution in [-0.4, -0.2) is 25.2 Å². The molecule has 0 spiro atoms. The lowest BCUT2D eigenvalue weighted by Gasteiger charge is -2.42. The maximum Gasteiger partial charge on any atom is 0.329 e. The van der Waals surface area contributed by atoms with E-state index in [0.29, 0.717) is 0 Å². The average molecular weight is 308 g/mol. The lowest BCUT2D eigenvalue weighted by atomic mass is 9.54. The van der Waals surface area contributed by atoms with E-state index < -0.39 is 34.6 Å². The molecule has 2 unspecified atom stereocenters. The van der Waals surface area contributed by atoms with E-state index in [1.54, 1.807) is 41.5 Å². The molecule has 0 fully saturated rings. The van der Waals surface area contributed by atoms with Crippen LogP contribution in [0.1, 0.15) is 41.5 Å². The number of rotatable bonds is 7. The molecule has 0 saturated heterocycles. The number of carbonyl (C=O) groups excluding carboxylic acids is 2. The molecule has 22 heavy (non-hydrogen) atoms. The first-order valence-electron chi connectivity index (χ1n) is 7.39. The minimum absolute atomic E-state index is 0.0530. The Hall–Kier alpha value is -2.08. The Balaban J connectivity index is 6.58. The van der Waals surface area contributed by atoms with Crippen LogP contribution in [0.5, 0.6) is 0 Å². The highest BCUT2D eigenvalue weighted by molar-refractivity contribution is 5.93. The quantitative estimate of drug-likeness (QED) is 0.670. The standard InChI is InChI=1S/C16H24N2O4/c1-7-21-13(19)15(9-17,11(3)4)16(10-18,12(5)6)14(20)22-8-2/h11-12H,7-8H2,1-6H3. The van der Waals surface area contributed by atoms with E-state index in [4.69, 9.17) is 9.47 Å². The molecule has 0 heterocycles. The molecule has 122 valence electrons. The molecule has 2 atom stereocenters. The van der Waals surface area contributed by atoms with Gasteiger partial charge in [-0.1, -0.05) is 27.7 Å². The highest BCUT2D eigenvalue weighted by Gasteiger charge is 2.67. The fraction of sp³-hybridized carbons (Fsp3) is 0.750. The zero-order valence-corrected chi connectivity index (χ0v) is 14.1. The van der Waals surface area contributed by atoms with Crippen LogP contribution in [0.25, 0.3) is 0 Å². The Kier molecular flexibility index (Phi) is 7.06. The number of nitrogens with zero attached hydrogens (tertiary/aromatic N) is 2. The van der Waals surface area contributed by atoms with E-state index in [0.717, 1.165) is 0 Å². The molecular weight excluding hydrogens is 284 g/mol. The molecule has 0 rings (SSSR count). The SMILES string of the molecule is CCOC(=O)C(C#N)(C(C)C)C(C#N)(C(=O)OCC)C(C)C. The first kappa shape index (κ1) is 19.9. The molecular formula is C16H24N2O4. The zero-order valence-electron chi connectivity index (χ0n) is 14.1. The van der Waals surface area contributed by atoms with E-state index in [-0.39, 0.29) is 13.2 Å². The van der Waals surface area contributed by atoms with E-state index in [1.807, 2.05) is 12.1 Å². The fourth-order valence-electron chi connectivity index (χ4n) is 2.72. The summed E-state index contributed by atoms with van der Waals surface area (Å²) in [5.41, 5.74) is -3.86. The fourth-order valence-corrected chi connectivity index (χ4v) is 2.72. The second-order valence-corrected chi connectivity index (χ2v) is 5.59. The molecule has 0 aliphatic carbocycles. The Morgan fingerprint density at radius 1 is 0.864 bits per heavy atom. The van der Waals surface area contributed by atoms with Gasteiger partial charge in [-0.15, -0.1) is 0 Å². The topological polar surface area (TPSA) is 100 Å².